The Morgan fingerprint density at radius 2 is 2.26 bits per heavy atom. The lowest BCUT2D eigenvalue weighted by Crippen LogP contribution is -2.46. The molecular weight excluding hydrogens is 240 g/mol. The van der Waals surface area contributed by atoms with Crippen LogP contribution in [0, 0.1) is 0 Å². The second-order valence-corrected chi connectivity index (χ2v) is 5.09. The van der Waals surface area contributed by atoms with Gasteiger partial charge in [0.25, 0.3) is 0 Å². The molecule has 0 aromatic heterocycles. The summed E-state index contributed by atoms with van der Waals surface area (Å²) in [5.74, 6) is 0.108. The molecule has 0 saturated heterocycles. The molecule has 2 unspecified atom stereocenters. The van der Waals surface area contributed by atoms with Crippen molar-refractivity contribution in [1.82, 2.24) is 10.2 Å². The van der Waals surface area contributed by atoms with Gasteiger partial charge in [0.05, 0.1) is 12.6 Å². The molecule has 104 valence electrons. The average Bonchev–Trinajstić information content (AvgIpc) is 2.45. The first-order valence-corrected chi connectivity index (χ1v) is 6.72. The molecular formula is C15H22N2O2. The molecule has 0 radical (unpaired) electrons. The molecule has 0 saturated carbocycles. The second kappa shape index (κ2) is 6.17. The normalized spacial score (nSPS) is 19.6. The summed E-state index contributed by atoms with van der Waals surface area (Å²) in [6.07, 6.45) is 0.983. The summed E-state index contributed by atoms with van der Waals surface area (Å²) >= 11 is 0. The van der Waals surface area contributed by atoms with Crippen LogP contribution in [0.15, 0.2) is 24.3 Å². The van der Waals surface area contributed by atoms with Gasteiger partial charge < -0.3 is 15.0 Å². The molecule has 2 rings (SSSR count). The SMILES string of the molecule is COCC(C)N(C)C(=O)C1NCCc2ccccc21. The number of methoxy groups -OCH3 is 1. The number of amides is 1. The summed E-state index contributed by atoms with van der Waals surface area (Å²) < 4.78 is 5.12. The van der Waals surface area contributed by atoms with E-state index in [4.69, 9.17) is 4.74 Å². The van der Waals surface area contributed by atoms with Gasteiger partial charge in [-0.25, -0.2) is 0 Å². The standard InChI is InChI=1S/C15H22N2O2/c1-11(10-19-3)17(2)15(18)14-13-7-5-4-6-12(13)8-9-16-14/h4-7,11,14,16H,8-10H2,1-3H3. The molecule has 0 spiro atoms. The maximum Gasteiger partial charge on any atom is 0.244 e. The molecule has 1 aromatic carbocycles. The highest BCUT2D eigenvalue weighted by Gasteiger charge is 2.29. The van der Waals surface area contributed by atoms with Crippen LogP contribution in [-0.2, 0) is 16.0 Å². The van der Waals surface area contributed by atoms with E-state index in [9.17, 15) is 4.79 Å². The van der Waals surface area contributed by atoms with Crippen LogP contribution in [0.5, 0.6) is 0 Å². The van der Waals surface area contributed by atoms with Crippen LogP contribution in [-0.4, -0.2) is 44.2 Å². The average molecular weight is 262 g/mol. The van der Waals surface area contributed by atoms with E-state index in [-0.39, 0.29) is 18.0 Å². The molecule has 4 heteroatoms. The van der Waals surface area contributed by atoms with Crippen LogP contribution in [0.1, 0.15) is 24.1 Å². The van der Waals surface area contributed by atoms with Crippen molar-refractivity contribution >= 4 is 5.91 Å². The van der Waals surface area contributed by atoms with Gasteiger partial charge in [0.2, 0.25) is 5.91 Å². The van der Waals surface area contributed by atoms with E-state index >= 15 is 0 Å². The van der Waals surface area contributed by atoms with Crippen molar-refractivity contribution in [2.75, 3.05) is 27.3 Å². The minimum Gasteiger partial charge on any atom is -0.383 e. The number of carbonyl (C=O) groups is 1. The quantitative estimate of drug-likeness (QED) is 0.891. The van der Waals surface area contributed by atoms with Crippen LogP contribution in [0.3, 0.4) is 0 Å². The summed E-state index contributed by atoms with van der Waals surface area (Å²) in [4.78, 5) is 14.4. The maximum atomic E-state index is 12.6. The fraction of sp³-hybridized carbons (Fsp3) is 0.533. The third-order valence-corrected chi connectivity index (χ3v) is 3.77. The summed E-state index contributed by atoms with van der Waals surface area (Å²) in [6.45, 7) is 3.40. The van der Waals surface area contributed by atoms with Gasteiger partial charge in [0.15, 0.2) is 0 Å². The van der Waals surface area contributed by atoms with E-state index in [1.54, 1.807) is 12.0 Å². The number of nitrogens with one attached hydrogen (secondary N) is 1. The number of carbonyl (C=O) groups excluding carboxylic acids is 1. The Balaban J connectivity index is 2.16. The lowest BCUT2D eigenvalue weighted by Gasteiger charge is -2.32. The molecule has 0 bridgehead atoms. The largest absolute Gasteiger partial charge is 0.383 e. The van der Waals surface area contributed by atoms with Crippen LogP contribution in [0.4, 0.5) is 0 Å². The molecule has 0 fully saturated rings. The Labute approximate surface area is 114 Å². The van der Waals surface area contributed by atoms with Gasteiger partial charge in [-0.1, -0.05) is 24.3 Å². The smallest absolute Gasteiger partial charge is 0.244 e. The van der Waals surface area contributed by atoms with Gasteiger partial charge in [-0.15, -0.1) is 0 Å². The molecule has 1 heterocycles. The van der Waals surface area contributed by atoms with E-state index in [1.807, 2.05) is 32.2 Å². The third-order valence-electron chi connectivity index (χ3n) is 3.77. The topological polar surface area (TPSA) is 41.6 Å². The monoisotopic (exact) mass is 262 g/mol. The first-order valence-electron chi connectivity index (χ1n) is 6.72. The van der Waals surface area contributed by atoms with Gasteiger partial charge >= 0.3 is 0 Å². The number of hydrogen-bond acceptors (Lipinski definition) is 3. The van der Waals surface area contributed by atoms with Crippen LogP contribution < -0.4 is 5.32 Å². The lowest BCUT2D eigenvalue weighted by atomic mass is 9.93. The first-order chi connectivity index (χ1) is 9.15. The lowest BCUT2D eigenvalue weighted by molar-refractivity contribution is -0.135. The molecule has 0 aliphatic carbocycles. The van der Waals surface area contributed by atoms with Gasteiger partial charge in [0, 0.05) is 20.7 Å². The fourth-order valence-electron chi connectivity index (χ4n) is 2.50. The van der Waals surface area contributed by atoms with Gasteiger partial charge in [-0.05, 0) is 24.5 Å². The van der Waals surface area contributed by atoms with Crippen molar-refractivity contribution in [2.24, 2.45) is 0 Å². The second-order valence-electron chi connectivity index (χ2n) is 5.09. The van der Waals surface area contributed by atoms with Gasteiger partial charge in [-0.3, -0.25) is 4.79 Å². The van der Waals surface area contributed by atoms with E-state index < -0.39 is 0 Å². The Bertz CT molecular complexity index is 448. The highest BCUT2D eigenvalue weighted by molar-refractivity contribution is 5.84. The van der Waals surface area contributed by atoms with E-state index in [1.165, 1.54) is 5.56 Å². The molecule has 4 nitrogen and oxygen atoms in total. The summed E-state index contributed by atoms with van der Waals surface area (Å²) in [7, 11) is 3.49. The van der Waals surface area contributed by atoms with Crippen LogP contribution >= 0.6 is 0 Å². The minimum atomic E-state index is -0.228. The van der Waals surface area contributed by atoms with Crippen molar-refractivity contribution in [3.63, 3.8) is 0 Å². The van der Waals surface area contributed by atoms with E-state index in [2.05, 4.69) is 11.4 Å². The minimum absolute atomic E-state index is 0.0772. The van der Waals surface area contributed by atoms with E-state index in [0.717, 1.165) is 18.5 Å². The summed E-state index contributed by atoms with van der Waals surface area (Å²) in [5.41, 5.74) is 2.38. The Kier molecular flexibility index (Phi) is 4.56. The van der Waals surface area contributed by atoms with Crippen LogP contribution in [0.2, 0.25) is 0 Å². The molecule has 19 heavy (non-hydrogen) atoms. The molecule has 1 amide bonds. The number of ether oxygens (including phenoxy) is 1. The number of benzene rings is 1. The van der Waals surface area contributed by atoms with Gasteiger partial charge in [-0.2, -0.15) is 0 Å². The van der Waals surface area contributed by atoms with Crippen LogP contribution in [0.25, 0.3) is 0 Å². The molecule has 1 aliphatic rings. The Hall–Kier alpha value is -1.39. The van der Waals surface area contributed by atoms with Crippen molar-refractivity contribution in [2.45, 2.75) is 25.4 Å². The zero-order chi connectivity index (χ0) is 13.8. The first kappa shape index (κ1) is 14.0. The molecule has 2 atom stereocenters. The van der Waals surface area contributed by atoms with E-state index in [0.29, 0.717) is 6.61 Å². The molecule has 1 N–H and O–H groups in total. The number of fused-ring (bicyclic) bond motifs is 1. The third kappa shape index (κ3) is 2.96. The summed E-state index contributed by atoms with van der Waals surface area (Å²) in [5, 5.41) is 3.32. The van der Waals surface area contributed by atoms with Crippen molar-refractivity contribution in [3.8, 4) is 0 Å². The zero-order valence-electron chi connectivity index (χ0n) is 11.8. The molecule has 1 aliphatic heterocycles. The number of rotatable bonds is 4. The van der Waals surface area contributed by atoms with Crippen molar-refractivity contribution in [3.05, 3.63) is 35.4 Å². The predicted octanol–water partition coefficient (Wildman–Crippen LogP) is 1.37. The number of nitrogens with zero attached hydrogens (tertiary/aromatic N) is 1. The van der Waals surface area contributed by atoms with Crippen molar-refractivity contribution < 1.29 is 9.53 Å². The Morgan fingerprint density at radius 1 is 1.53 bits per heavy atom. The number of hydrogen-bond donors (Lipinski definition) is 1. The fourth-order valence-corrected chi connectivity index (χ4v) is 2.50. The maximum absolute atomic E-state index is 12.6. The highest BCUT2D eigenvalue weighted by atomic mass is 16.5. The van der Waals surface area contributed by atoms with Crippen molar-refractivity contribution in [1.29, 1.82) is 0 Å². The number of likely N-dealkylation sites (N-methyl/N-ethyl adjacent to an activating group) is 1. The highest BCUT2D eigenvalue weighted by Crippen LogP contribution is 2.24. The van der Waals surface area contributed by atoms with Gasteiger partial charge in [0.1, 0.15) is 6.04 Å². The summed E-state index contributed by atoms with van der Waals surface area (Å²) in [6, 6.07) is 8.02. The zero-order valence-corrected chi connectivity index (χ0v) is 11.8. The molecule has 1 aromatic rings. The Morgan fingerprint density at radius 3 is 3.00 bits per heavy atom. The predicted molar refractivity (Wildman–Crippen MR) is 75.0 cm³/mol.